The molecule has 1 aliphatic heterocycles. The first-order valence-electron chi connectivity index (χ1n) is 9.15. The first-order valence-corrected chi connectivity index (χ1v) is 12.1. The number of carboxylic acid groups (broad SMARTS) is 1. The number of anilines is 2. The maximum Gasteiger partial charge on any atom is 0.337 e. The number of hydrogen-bond acceptors (Lipinski definition) is 6. The highest BCUT2D eigenvalue weighted by Gasteiger charge is 2.20. The summed E-state index contributed by atoms with van der Waals surface area (Å²) in [6.45, 7) is 3.62. The number of carbonyl (C=O) groups is 1. The standard InChI is InChI=1S/C19H21ClIN3O5S/c20-16-11-13(21)1-4-17(16)23-18-12-14(2-3-15(18)19(25)26)30(27,28)22-5-6-24-7-9-29-10-8-24/h1-4,11-12,22-23H,5-10H2,(H,25,26). The summed E-state index contributed by atoms with van der Waals surface area (Å²) in [6.07, 6.45) is 0. The molecular weight excluding hydrogens is 545 g/mol. The number of hydrogen-bond donors (Lipinski definition) is 3. The van der Waals surface area contributed by atoms with Crippen LogP contribution < -0.4 is 10.0 Å². The highest BCUT2D eigenvalue weighted by atomic mass is 127. The monoisotopic (exact) mass is 565 g/mol. The second-order valence-electron chi connectivity index (χ2n) is 6.61. The van der Waals surface area contributed by atoms with Crippen LogP contribution in [0.25, 0.3) is 0 Å². The minimum absolute atomic E-state index is 0.0291. The molecule has 3 N–H and O–H groups in total. The third-order valence-corrected chi connectivity index (χ3v) is 7.00. The second kappa shape index (κ2) is 10.2. The lowest BCUT2D eigenvalue weighted by Gasteiger charge is -2.26. The number of aromatic carboxylic acids is 1. The third-order valence-electron chi connectivity index (χ3n) is 4.56. The predicted molar refractivity (Wildman–Crippen MR) is 123 cm³/mol. The van der Waals surface area contributed by atoms with Crippen molar-refractivity contribution in [3.05, 3.63) is 50.6 Å². The van der Waals surface area contributed by atoms with E-state index in [1.54, 1.807) is 12.1 Å². The van der Waals surface area contributed by atoms with Crippen molar-refractivity contribution < 1.29 is 23.1 Å². The molecule has 2 aromatic rings. The van der Waals surface area contributed by atoms with Crippen LogP contribution in [-0.2, 0) is 14.8 Å². The lowest BCUT2D eigenvalue weighted by Crippen LogP contribution is -2.41. The number of carboxylic acids is 1. The van der Waals surface area contributed by atoms with Crippen LogP contribution >= 0.6 is 34.2 Å². The Hall–Kier alpha value is -1.44. The van der Waals surface area contributed by atoms with E-state index in [0.717, 1.165) is 16.7 Å². The molecule has 1 aliphatic rings. The molecule has 0 aromatic heterocycles. The van der Waals surface area contributed by atoms with Gasteiger partial charge in [-0.25, -0.2) is 17.9 Å². The summed E-state index contributed by atoms with van der Waals surface area (Å²) in [6, 6.07) is 9.08. The van der Waals surface area contributed by atoms with Gasteiger partial charge in [0.1, 0.15) is 0 Å². The maximum atomic E-state index is 12.7. The topological polar surface area (TPSA) is 108 Å². The Morgan fingerprint density at radius 2 is 1.90 bits per heavy atom. The highest BCUT2D eigenvalue weighted by Crippen LogP contribution is 2.30. The van der Waals surface area contributed by atoms with Gasteiger partial charge in [-0.15, -0.1) is 0 Å². The zero-order chi connectivity index (χ0) is 21.7. The van der Waals surface area contributed by atoms with Crippen LogP contribution in [0.15, 0.2) is 41.3 Å². The molecule has 1 heterocycles. The molecule has 1 saturated heterocycles. The third kappa shape index (κ3) is 6.05. The van der Waals surface area contributed by atoms with E-state index in [9.17, 15) is 18.3 Å². The van der Waals surface area contributed by atoms with Crippen LogP contribution in [0.5, 0.6) is 0 Å². The van der Waals surface area contributed by atoms with Gasteiger partial charge in [0.15, 0.2) is 0 Å². The Labute approximate surface area is 193 Å². The normalized spacial score (nSPS) is 15.1. The summed E-state index contributed by atoms with van der Waals surface area (Å²) in [5.41, 5.74) is 0.563. The molecule has 8 nitrogen and oxygen atoms in total. The van der Waals surface area contributed by atoms with Crippen molar-refractivity contribution in [2.75, 3.05) is 44.7 Å². The van der Waals surface area contributed by atoms with Crippen LogP contribution in [-0.4, -0.2) is 63.8 Å². The van der Waals surface area contributed by atoms with Gasteiger partial charge < -0.3 is 15.2 Å². The second-order valence-corrected chi connectivity index (χ2v) is 10.0. The van der Waals surface area contributed by atoms with Gasteiger partial charge in [-0.3, -0.25) is 4.90 Å². The van der Waals surface area contributed by atoms with E-state index in [0.29, 0.717) is 30.5 Å². The Balaban J connectivity index is 1.79. The van der Waals surface area contributed by atoms with Crippen LogP contribution in [0.2, 0.25) is 5.02 Å². The van der Waals surface area contributed by atoms with Gasteiger partial charge >= 0.3 is 5.97 Å². The van der Waals surface area contributed by atoms with E-state index in [-0.39, 0.29) is 22.7 Å². The molecule has 0 saturated carbocycles. The number of nitrogens with zero attached hydrogens (tertiary/aromatic N) is 1. The van der Waals surface area contributed by atoms with Gasteiger partial charge in [-0.2, -0.15) is 0 Å². The molecule has 0 radical (unpaired) electrons. The van der Waals surface area contributed by atoms with Crippen LogP contribution in [0.3, 0.4) is 0 Å². The minimum atomic E-state index is -3.81. The van der Waals surface area contributed by atoms with Gasteiger partial charge in [0.05, 0.1) is 40.1 Å². The lowest BCUT2D eigenvalue weighted by atomic mass is 10.1. The fourth-order valence-corrected chi connectivity index (χ4v) is 4.91. The minimum Gasteiger partial charge on any atom is -0.478 e. The average molecular weight is 566 g/mol. The lowest BCUT2D eigenvalue weighted by molar-refractivity contribution is 0.0390. The Morgan fingerprint density at radius 1 is 1.17 bits per heavy atom. The number of ether oxygens (including phenoxy) is 1. The van der Waals surface area contributed by atoms with E-state index in [1.165, 1.54) is 18.2 Å². The molecule has 11 heteroatoms. The van der Waals surface area contributed by atoms with Gasteiger partial charge in [-0.05, 0) is 59.0 Å². The van der Waals surface area contributed by atoms with E-state index >= 15 is 0 Å². The summed E-state index contributed by atoms with van der Waals surface area (Å²) in [5.74, 6) is -1.18. The molecule has 0 atom stereocenters. The van der Waals surface area contributed by atoms with Crippen LogP contribution in [0.4, 0.5) is 11.4 Å². The molecular formula is C19H21ClIN3O5S. The number of nitrogens with one attached hydrogen (secondary N) is 2. The van der Waals surface area contributed by atoms with Crippen molar-refractivity contribution in [3.63, 3.8) is 0 Å². The van der Waals surface area contributed by atoms with Crippen molar-refractivity contribution in [1.82, 2.24) is 9.62 Å². The van der Waals surface area contributed by atoms with E-state index in [4.69, 9.17) is 16.3 Å². The van der Waals surface area contributed by atoms with Gasteiger partial charge in [0, 0.05) is 29.7 Å². The largest absolute Gasteiger partial charge is 0.478 e. The molecule has 0 spiro atoms. The maximum absolute atomic E-state index is 12.7. The fraction of sp³-hybridized carbons (Fsp3) is 0.316. The van der Waals surface area contributed by atoms with Crippen molar-refractivity contribution in [2.45, 2.75) is 4.90 Å². The summed E-state index contributed by atoms with van der Waals surface area (Å²) in [4.78, 5) is 13.7. The molecule has 3 rings (SSSR count). The van der Waals surface area contributed by atoms with Gasteiger partial charge in [0.2, 0.25) is 10.0 Å². The van der Waals surface area contributed by atoms with Crippen molar-refractivity contribution >= 4 is 61.6 Å². The first kappa shape index (κ1) is 23.2. The molecule has 30 heavy (non-hydrogen) atoms. The summed E-state index contributed by atoms with van der Waals surface area (Å²) in [5, 5.41) is 12.8. The zero-order valence-electron chi connectivity index (χ0n) is 15.9. The molecule has 0 unspecified atom stereocenters. The SMILES string of the molecule is O=C(O)c1ccc(S(=O)(=O)NCCN2CCOCC2)cc1Nc1ccc(I)cc1Cl. The molecule has 0 bridgehead atoms. The van der Waals surface area contributed by atoms with Crippen molar-refractivity contribution in [2.24, 2.45) is 0 Å². The van der Waals surface area contributed by atoms with E-state index in [2.05, 4.69) is 37.5 Å². The first-order chi connectivity index (χ1) is 14.3. The smallest absolute Gasteiger partial charge is 0.337 e. The van der Waals surface area contributed by atoms with Gasteiger partial charge in [0.25, 0.3) is 0 Å². The van der Waals surface area contributed by atoms with E-state index in [1.807, 2.05) is 6.07 Å². The molecule has 0 aliphatic carbocycles. The van der Waals surface area contributed by atoms with Gasteiger partial charge in [-0.1, -0.05) is 11.6 Å². The number of morpholine rings is 1. The highest BCUT2D eigenvalue weighted by molar-refractivity contribution is 14.1. The number of rotatable bonds is 8. The zero-order valence-corrected chi connectivity index (χ0v) is 19.6. The Bertz CT molecular complexity index is 1030. The number of halogens is 2. The van der Waals surface area contributed by atoms with E-state index < -0.39 is 16.0 Å². The summed E-state index contributed by atoms with van der Waals surface area (Å²) in [7, 11) is -3.81. The predicted octanol–water partition coefficient (Wildman–Crippen LogP) is 3.00. The molecule has 0 amide bonds. The summed E-state index contributed by atoms with van der Waals surface area (Å²) < 4.78 is 34.2. The van der Waals surface area contributed by atoms with Crippen LogP contribution in [0, 0.1) is 3.57 Å². The van der Waals surface area contributed by atoms with Crippen molar-refractivity contribution in [3.8, 4) is 0 Å². The average Bonchev–Trinajstić information content (AvgIpc) is 2.70. The van der Waals surface area contributed by atoms with Crippen LogP contribution in [0.1, 0.15) is 10.4 Å². The summed E-state index contributed by atoms with van der Waals surface area (Å²) >= 11 is 8.34. The molecule has 2 aromatic carbocycles. The Morgan fingerprint density at radius 3 is 2.57 bits per heavy atom. The fourth-order valence-electron chi connectivity index (χ4n) is 2.96. The number of benzene rings is 2. The quantitative estimate of drug-likeness (QED) is 0.423. The molecule has 162 valence electrons. The number of sulfonamides is 1. The molecule has 1 fully saturated rings. The van der Waals surface area contributed by atoms with Crippen molar-refractivity contribution in [1.29, 1.82) is 0 Å². The Kier molecular flexibility index (Phi) is 7.93.